The average Bonchev–Trinajstić information content (AvgIpc) is 3.06. The Morgan fingerprint density at radius 1 is 1.11 bits per heavy atom. The summed E-state index contributed by atoms with van der Waals surface area (Å²) < 4.78 is 47.0. The van der Waals surface area contributed by atoms with Gasteiger partial charge in [-0.1, -0.05) is 6.92 Å². The molecule has 2 heterocycles. The van der Waals surface area contributed by atoms with Crippen molar-refractivity contribution in [2.75, 3.05) is 45.2 Å². The van der Waals surface area contributed by atoms with Gasteiger partial charge in [-0.05, 0) is 100 Å². The molecule has 1 aliphatic heterocycles. The third kappa shape index (κ3) is 10.1. The van der Waals surface area contributed by atoms with E-state index in [0.29, 0.717) is 31.2 Å². The minimum atomic E-state index is -3.96. The summed E-state index contributed by atoms with van der Waals surface area (Å²) in [5, 5.41) is 10.2. The number of anilines is 1. The summed E-state index contributed by atoms with van der Waals surface area (Å²) in [6.07, 6.45) is 5.68. The Hall–Kier alpha value is -3.71. The normalized spacial score (nSPS) is 20.5. The molecule has 4 rings (SSSR count). The molecule has 0 aliphatic carbocycles. The molecular weight excluding hydrogens is 620 g/mol. The van der Waals surface area contributed by atoms with Crippen LogP contribution in [-0.4, -0.2) is 92.9 Å². The molecule has 0 bridgehead atoms. The van der Waals surface area contributed by atoms with Crippen molar-refractivity contribution < 1.29 is 32.5 Å². The fraction of sp³-hybridized carbons (Fsp3) is 0.486. The topological polar surface area (TPSA) is 131 Å². The molecule has 0 spiro atoms. The van der Waals surface area contributed by atoms with Crippen molar-refractivity contribution in [3.63, 3.8) is 0 Å². The van der Waals surface area contributed by atoms with Gasteiger partial charge in [0, 0.05) is 50.2 Å². The number of carbonyl (C=O) groups excluding carboxylic acids is 1. The molecule has 12 heteroatoms. The van der Waals surface area contributed by atoms with E-state index in [2.05, 4.69) is 21.5 Å². The monoisotopic (exact) mass is 668 g/mol. The Morgan fingerprint density at radius 3 is 2.51 bits per heavy atom. The molecule has 2 N–H and O–H groups in total. The maximum absolute atomic E-state index is 14.4. The van der Waals surface area contributed by atoms with Crippen LogP contribution in [0.1, 0.15) is 56.0 Å². The predicted molar refractivity (Wildman–Crippen MR) is 181 cm³/mol. The van der Waals surface area contributed by atoms with Crippen molar-refractivity contribution in [2.45, 2.75) is 69.7 Å². The first-order valence-corrected chi connectivity index (χ1v) is 17.6. The molecule has 1 aromatic heterocycles. The summed E-state index contributed by atoms with van der Waals surface area (Å²) in [4.78, 5) is 22.4. The van der Waals surface area contributed by atoms with Crippen LogP contribution in [0.3, 0.4) is 0 Å². The summed E-state index contributed by atoms with van der Waals surface area (Å²) >= 11 is 0. The number of fused-ring (bicyclic) bond motifs is 1. The van der Waals surface area contributed by atoms with Crippen LogP contribution in [0.2, 0.25) is 0 Å². The third-order valence-corrected chi connectivity index (χ3v) is 9.76. The van der Waals surface area contributed by atoms with Gasteiger partial charge in [-0.15, -0.1) is 0 Å². The SMILES string of the molecule is COc1ccc(S(=O)(=O)Nc2ccc3c(c2)C(=O)N([C@@H](C)CO)C[C@H](C)[C@H](CN(C)Cc2ccncc2)OCCCC[C@H](C)O3)cc1. The molecule has 0 radical (unpaired) electrons. The number of aromatic nitrogens is 1. The number of pyridine rings is 1. The first kappa shape index (κ1) is 36.1. The number of ether oxygens (including phenoxy) is 3. The number of nitrogens with zero attached hydrogens (tertiary/aromatic N) is 3. The number of benzene rings is 2. The molecular formula is C35H48N4O7S. The van der Waals surface area contributed by atoms with Crippen LogP contribution < -0.4 is 14.2 Å². The second-order valence-corrected chi connectivity index (χ2v) is 14.0. The van der Waals surface area contributed by atoms with E-state index in [9.17, 15) is 18.3 Å². The molecule has 0 fully saturated rings. The molecule has 4 atom stereocenters. The number of hydrogen-bond acceptors (Lipinski definition) is 9. The van der Waals surface area contributed by atoms with Crippen molar-refractivity contribution in [2.24, 2.45) is 5.92 Å². The first-order valence-electron chi connectivity index (χ1n) is 16.1. The van der Waals surface area contributed by atoms with E-state index in [-0.39, 0.29) is 46.8 Å². The van der Waals surface area contributed by atoms with Gasteiger partial charge in [-0.2, -0.15) is 0 Å². The lowest BCUT2D eigenvalue weighted by molar-refractivity contribution is -0.0177. The number of hydrogen-bond donors (Lipinski definition) is 2. The average molecular weight is 669 g/mol. The second-order valence-electron chi connectivity index (χ2n) is 12.3. The van der Waals surface area contributed by atoms with Gasteiger partial charge < -0.3 is 24.2 Å². The van der Waals surface area contributed by atoms with Gasteiger partial charge in [0.25, 0.3) is 15.9 Å². The van der Waals surface area contributed by atoms with E-state index in [1.54, 1.807) is 48.5 Å². The van der Waals surface area contributed by atoms with Crippen LogP contribution in [0.15, 0.2) is 71.9 Å². The van der Waals surface area contributed by atoms with Gasteiger partial charge >= 0.3 is 0 Å². The number of aliphatic hydroxyl groups is 1. The molecule has 11 nitrogen and oxygen atoms in total. The van der Waals surface area contributed by atoms with Crippen LogP contribution in [-0.2, 0) is 21.3 Å². The third-order valence-electron chi connectivity index (χ3n) is 8.37. The predicted octanol–water partition coefficient (Wildman–Crippen LogP) is 4.82. The zero-order valence-electron chi connectivity index (χ0n) is 28.0. The van der Waals surface area contributed by atoms with Crippen molar-refractivity contribution in [3.8, 4) is 11.5 Å². The number of likely N-dealkylation sites (N-methyl/N-ethyl adjacent to an activating group) is 1. The lowest BCUT2D eigenvalue weighted by atomic mass is 10.0. The number of methoxy groups -OCH3 is 1. The highest BCUT2D eigenvalue weighted by molar-refractivity contribution is 7.92. The number of sulfonamides is 1. The first-order chi connectivity index (χ1) is 22.5. The summed E-state index contributed by atoms with van der Waals surface area (Å²) in [5.74, 6) is 0.440. The minimum absolute atomic E-state index is 0.0545. The van der Waals surface area contributed by atoms with E-state index in [4.69, 9.17) is 14.2 Å². The Labute approximate surface area is 278 Å². The lowest BCUT2D eigenvalue weighted by Crippen LogP contribution is -2.47. The highest BCUT2D eigenvalue weighted by Crippen LogP contribution is 2.30. The van der Waals surface area contributed by atoms with E-state index in [1.807, 2.05) is 26.1 Å². The molecule has 2 aromatic carbocycles. The van der Waals surface area contributed by atoms with Crippen LogP contribution >= 0.6 is 0 Å². The Balaban J connectivity index is 1.64. The molecule has 1 amide bonds. The fourth-order valence-electron chi connectivity index (χ4n) is 5.59. The summed E-state index contributed by atoms with van der Waals surface area (Å²) in [6, 6.07) is 14.2. The van der Waals surface area contributed by atoms with Crippen LogP contribution in [0.4, 0.5) is 5.69 Å². The van der Waals surface area contributed by atoms with Gasteiger partial charge in [0.15, 0.2) is 0 Å². The van der Waals surface area contributed by atoms with Gasteiger partial charge in [-0.3, -0.25) is 19.4 Å². The van der Waals surface area contributed by atoms with E-state index in [1.165, 1.54) is 25.3 Å². The van der Waals surface area contributed by atoms with Crippen LogP contribution in [0.25, 0.3) is 0 Å². The van der Waals surface area contributed by atoms with Crippen molar-refractivity contribution in [3.05, 3.63) is 78.1 Å². The maximum atomic E-state index is 14.4. The largest absolute Gasteiger partial charge is 0.497 e. The van der Waals surface area contributed by atoms with Gasteiger partial charge in [-0.25, -0.2) is 8.42 Å². The fourth-order valence-corrected chi connectivity index (χ4v) is 6.64. The number of rotatable bonds is 10. The minimum Gasteiger partial charge on any atom is -0.497 e. The number of amides is 1. The Morgan fingerprint density at radius 2 is 1.83 bits per heavy atom. The van der Waals surface area contributed by atoms with Crippen LogP contribution in [0.5, 0.6) is 11.5 Å². The van der Waals surface area contributed by atoms with Crippen LogP contribution in [0, 0.1) is 5.92 Å². The second kappa shape index (κ2) is 16.9. The van der Waals surface area contributed by atoms with Crippen molar-refractivity contribution >= 4 is 21.6 Å². The highest BCUT2D eigenvalue weighted by Gasteiger charge is 2.30. The molecule has 1 aliphatic rings. The van der Waals surface area contributed by atoms with Crippen molar-refractivity contribution in [1.82, 2.24) is 14.8 Å². The Bertz CT molecular complexity index is 1540. The molecule has 3 aromatic rings. The smallest absolute Gasteiger partial charge is 0.261 e. The van der Waals surface area contributed by atoms with E-state index >= 15 is 0 Å². The highest BCUT2D eigenvalue weighted by atomic mass is 32.2. The van der Waals surface area contributed by atoms with Crippen molar-refractivity contribution in [1.29, 1.82) is 0 Å². The van der Waals surface area contributed by atoms with Gasteiger partial charge in [0.2, 0.25) is 0 Å². The lowest BCUT2D eigenvalue weighted by Gasteiger charge is -2.36. The van der Waals surface area contributed by atoms with Gasteiger partial charge in [0.05, 0.1) is 42.4 Å². The Kier molecular flexibility index (Phi) is 13.0. The number of aliphatic hydroxyl groups excluding tert-OH is 1. The van der Waals surface area contributed by atoms with E-state index in [0.717, 1.165) is 31.4 Å². The zero-order valence-corrected chi connectivity index (χ0v) is 28.8. The molecule has 47 heavy (non-hydrogen) atoms. The molecule has 0 saturated carbocycles. The van der Waals surface area contributed by atoms with E-state index < -0.39 is 16.1 Å². The zero-order chi connectivity index (χ0) is 34.0. The summed E-state index contributed by atoms with van der Waals surface area (Å²) in [7, 11) is -0.408. The maximum Gasteiger partial charge on any atom is 0.261 e. The quantitative estimate of drug-likeness (QED) is 0.312. The standard InChI is InChI=1S/C35H48N4O7S/c1-25-21-39(26(2)24-40)35(41)32-20-29(37-47(42,43)31-12-10-30(44-5)11-13-31)9-14-33(32)46-27(3)8-6-7-19-45-34(25)23-38(4)22-28-15-17-36-18-16-28/h9-18,20,25-27,34,37,40H,6-8,19,21-24H2,1-5H3/t25-,26-,27-,34-/m0/s1. The summed E-state index contributed by atoms with van der Waals surface area (Å²) in [5.41, 5.74) is 1.57. The van der Waals surface area contributed by atoms with Gasteiger partial charge in [0.1, 0.15) is 11.5 Å². The molecule has 256 valence electrons. The number of carbonyl (C=O) groups is 1. The summed E-state index contributed by atoms with van der Waals surface area (Å²) in [6.45, 7) is 7.82. The molecule has 0 unspecified atom stereocenters. The number of nitrogens with one attached hydrogen (secondary N) is 1. The molecule has 0 saturated heterocycles.